The van der Waals surface area contributed by atoms with E-state index in [0.29, 0.717) is 12.1 Å². The Labute approximate surface area is 90.5 Å². The molecule has 0 aromatic carbocycles. The minimum Gasteiger partial charge on any atom is -0.367 e. The van der Waals surface area contributed by atoms with Crippen molar-refractivity contribution in [3.8, 4) is 0 Å². The molecular formula is C11H18N4. The van der Waals surface area contributed by atoms with Crippen LogP contribution in [0.5, 0.6) is 0 Å². The average Bonchev–Trinajstić information content (AvgIpc) is 2.17. The zero-order chi connectivity index (χ0) is 10.7. The topological polar surface area (TPSA) is 49.8 Å². The lowest BCUT2D eigenvalue weighted by molar-refractivity contribution is 0.396. The van der Waals surface area contributed by atoms with Gasteiger partial charge in [-0.05, 0) is 33.2 Å². The summed E-state index contributed by atoms with van der Waals surface area (Å²) in [5, 5.41) is 6.90. The van der Waals surface area contributed by atoms with E-state index in [1.165, 1.54) is 0 Å². The average molecular weight is 206 g/mol. The van der Waals surface area contributed by atoms with Crippen LogP contribution in [0.2, 0.25) is 0 Å². The van der Waals surface area contributed by atoms with Gasteiger partial charge in [0.2, 0.25) is 0 Å². The van der Waals surface area contributed by atoms with Gasteiger partial charge in [0.15, 0.2) is 0 Å². The predicted octanol–water partition coefficient (Wildman–Crippen LogP) is 1.34. The second kappa shape index (κ2) is 4.57. The van der Waals surface area contributed by atoms with Gasteiger partial charge in [-0.15, -0.1) is 0 Å². The first kappa shape index (κ1) is 10.4. The molecule has 0 spiro atoms. The molecular weight excluding hydrogens is 188 g/mol. The van der Waals surface area contributed by atoms with E-state index in [0.717, 1.165) is 30.9 Å². The number of hydrogen-bond acceptors (Lipinski definition) is 4. The molecule has 1 aliphatic heterocycles. The van der Waals surface area contributed by atoms with Crippen LogP contribution >= 0.6 is 0 Å². The Bertz CT molecular complexity index is 326. The number of aromatic nitrogens is 2. The molecule has 0 radical (unpaired) electrons. The summed E-state index contributed by atoms with van der Waals surface area (Å²) in [7, 11) is 0. The smallest absolute Gasteiger partial charge is 0.129 e. The van der Waals surface area contributed by atoms with E-state index < -0.39 is 0 Å². The third-order valence-corrected chi connectivity index (χ3v) is 2.78. The standard InChI is InChI=1S/C11H18N4/c1-8-5-10(3-4-12-8)15-11-6-9(2)13-7-14-11/h6-8,10,12H,3-5H2,1-2H3,(H,13,14,15). The van der Waals surface area contributed by atoms with Crippen molar-refractivity contribution in [3.05, 3.63) is 18.1 Å². The Kier molecular flexibility index (Phi) is 3.16. The number of piperidine rings is 1. The van der Waals surface area contributed by atoms with Crippen LogP contribution in [0.3, 0.4) is 0 Å². The van der Waals surface area contributed by atoms with Crippen molar-refractivity contribution in [2.45, 2.75) is 38.8 Å². The second-order valence-corrected chi connectivity index (χ2v) is 4.27. The SMILES string of the molecule is Cc1cc(NC2CCNC(C)C2)ncn1. The van der Waals surface area contributed by atoms with Gasteiger partial charge in [0.05, 0.1) is 0 Å². The lowest BCUT2D eigenvalue weighted by atomic mass is 10.0. The van der Waals surface area contributed by atoms with Gasteiger partial charge >= 0.3 is 0 Å². The normalized spacial score (nSPS) is 26.3. The molecule has 4 nitrogen and oxygen atoms in total. The van der Waals surface area contributed by atoms with Gasteiger partial charge in [-0.3, -0.25) is 0 Å². The predicted molar refractivity (Wildman–Crippen MR) is 60.9 cm³/mol. The van der Waals surface area contributed by atoms with Crippen LogP contribution in [0, 0.1) is 6.92 Å². The molecule has 2 unspecified atom stereocenters. The van der Waals surface area contributed by atoms with Crippen molar-refractivity contribution in [2.75, 3.05) is 11.9 Å². The van der Waals surface area contributed by atoms with Gasteiger partial charge in [0.1, 0.15) is 12.1 Å². The molecule has 0 bridgehead atoms. The molecule has 0 aliphatic carbocycles. The Morgan fingerprint density at radius 1 is 1.47 bits per heavy atom. The number of aryl methyl sites for hydroxylation is 1. The summed E-state index contributed by atoms with van der Waals surface area (Å²) in [4.78, 5) is 8.30. The summed E-state index contributed by atoms with van der Waals surface area (Å²) in [5.41, 5.74) is 1.01. The summed E-state index contributed by atoms with van der Waals surface area (Å²) in [6.45, 7) is 5.29. The molecule has 0 amide bonds. The first-order valence-corrected chi connectivity index (χ1v) is 5.52. The van der Waals surface area contributed by atoms with Gasteiger partial charge in [-0.2, -0.15) is 0 Å². The first-order chi connectivity index (χ1) is 7.24. The molecule has 0 saturated carbocycles. The number of rotatable bonds is 2. The highest BCUT2D eigenvalue weighted by molar-refractivity contribution is 5.35. The third kappa shape index (κ3) is 2.89. The van der Waals surface area contributed by atoms with E-state index in [-0.39, 0.29) is 0 Å². The zero-order valence-corrected chi connectivity index (χ0v) is 9.33. The molecule has 1 fully saturated rings. The summed E-state index contributed by atoms with van der Waals surface area (Å²) in [5.74, 6) is 0.946. The number of hydrogen-bond donors (Lipinski definition) is 2. The lowest BCUT2D eigenvalue weighted by Crippen LogP contribution is -2.41. The Balaban J connectivity index is 1.96. The number of nitrogens with one attached hydrogen (secondary N) is 2. The van der Waals surface area contributed by atoms with Gasteiger partial charge in [-0.25, -0.2) is 9.97 Å². The van der Waals surface area contributed by atoms with Crippen molar-refractivity contribution < 1.29 is 0 Å². The summed E-state index contributed by atoms with van der Waals surface area (Å²) in [6, 6.07) is 3.13. The second-order valence-electron chi connectivity index (χ2n) is 4.27. The van der Waals surface area contributed by atoms with Gasteiger partial charge < -0.3 is 10.6 Å². The highest BCUT2D eigenvalue weighted by Crippen LogP contribution is 2.13. The number of nitrogens with zero attached hydrogens (tertiary/aromatic N) is 2. The van der Waals surface area contributed by atoms with E-state index in [2.05, 4.69) is 27.5 Å². The fraction of sp³-hybridized carbons (Fsp3) is 0.636. The lowest BCUT2D eigenvalue weighted by Gasteiger charge is -2.28. The van der Waals surface area contributed by atoms with Crippen molar-refractivity contribution in [2.24, 2.45) is 0 Å². The molecule has 2 heterocycles. The van der Waals surface area contributed by atoms with Gasteiger partial charge in [0, 0.05) is 23.8 Å². The minimum absolute atomic E-state index is 0.538. The van der Waals surface area contributed by atoms with Gasteiger partial charge in [-0.1, -0.05) is 0 Å². The van der Waals surface area contributed by atoms with E-state index in [1.54, 1.807) is 6.33 Å². The molecule has 2 atom stereocenters. The fourth-order valence-corrected chi connectivity index (χ4v) is 2.01. The van der Waals surface area contributed by atoms with E-state index in [9.17, 15) is 0 Å². The van der Waals surface area contributed by atoms with Crippen LogP contribution < -0.4 is 10.6 Å². The first-order valence-electron chi connectivity index (χ1n) is 5.52. The van der Waals surface area contributed by atoms with Crippen molar-refractivity contribution in [1.29, 1.82) is 0 Å². The highest BCUT2D eigenvalue weighted by Gasteiger charge is 2.18. The molecule has 1 saturated heterocycles. The molecule has 82 valence electrons. The summed E-state index contributed by atoms with van der Waals surface area (Å²) >= 11 is 0. The van der Waals surface area contributed by atoms with Crippen molar-refractivity contribution >= 4 is 5.82 Å². The molecule has 1 aromatic heterocycles. The molecule has 1 aromatic rings. The van der Waals surface area contributed by atoms with Crippen LogP contribution in [0.4, 0.5) is 5.82 Å². The maximum absolute atomic E-state index is 4.22. The maximum Gasteiger partial charge on any atom is 0.129 e. The van der Waals surface area contributed by atoms with Crippen LogP contribution in [0.25, 0.3) is 0 Å². The van der Waals surface area contributed by atoms with Crippen molar-refractivity contribution in [3.63, 3.8) is 0 Å². The van der Waals surface area contributed by atoms with E-state index in [4.69, 9.17) is 0 Å². The molecule has 2 rings (SSSR count). The molecule has 2 N–H and O–H groups in total. The highest BCUT2D eigenvalue weighted by atomic mass is 15.1. The maximum atomic E-state index is 4.22. The molecule has 15 heavy (non-hydrogen) atoms. The molecule has 4 heteroatoms. The summed E-state index contributed by atoms with van der Waals surface area (Å²) in [6.07, 6.45) is 3.93. The van der Waals surface area contributed by atoms with Crippen LogP contribution in [-0.2, 0) is 0 Å². The third-order valence-electron chi connectivity index (χ3n) is 2.78. The van der Waals surface area contributed by atoms with Crippen molar-refractivity contribution in [1.82, 2.24) is 15.3 Å². The summed E-state index contributed by atoms with van der Waals surface area (Å²) < 4.78 is 0. The van der Waals surface area contributed by atoms with E-state index >= 15 is 0 Å². The van der Waals surface area contributed by atoms with Gasteiger partial charge in [0.25, 0.3) is 0 Å². The van der Waals surface area contributed by atoms with E-state index in [1.807, 2.05) is 13.0 Å². The largest absolute Gasteiger partial charge is 0.367 e. The van der Waals surface area contributed by atoms with Crippen LogP contribution in [0.1, 0.15) is 25.5 Å². The van der Waals surface area contributed by atoms with Crippen LogP contribution in [0.15, 0.2) is 12.4 Å². The fourth-order valence-electron chi connectivity index (χ4n) is 2.01. The Hall–Kier alpha value is -1.16. The number of anilines is 1. The quantitative estimate of drug-likeness (QED) is 0.766. The van der Waals surface area contributed by atoms with Crippen LogP contribution in [-0.4, -0.2) is 28.6 Å². The minimum atomic E-state index is 0.538. The zero-order valence-electron chi connectivity index (χ0n) is 9.33. The Morgan fingerprint density at radius 2 is 2.33 bits per heavy atom. The Morgan fingerprint density at radius 3 is 3.07 bits per heavy atom. The monoisotopic (exact) mass is 206 g/mol. The molecule has 1 aliphatic rings.